The largest absolute Gasteiger partial charge is 0.319 e. The summed E-state index contributed by atoms with van der Waals surface area (Å²) in [4.78, 5) is 25.4. The summed E-state index contributed by atoms with van der Waals surface area (Å²) < 4.78 is 6.44. The number of ether oxygens (including phenoxy) is 1. The number of carbonyl (C=O) groups excluding carboxylic acids is 1. The van der Waals surface area contributed by atoms with Crippen molar-refractivity contribution in [2.45, 2.75) is 64.1 Å². The molecule has 1 aliphatic carbocycles. The van der Waals surface area contributed by atoms with Crippen LogP contribution in [-0.2, 0) is 19.3 Å². The summed E-state index contributed by atoms with van der Waals surface area (Å²) >= 11 is 0. The molecule has 4 heterocycles. The van der Waals surface area contributed by atoms with Crippen LogP contribution in [-0.4, -0.2) is 34.7 Å². The second kappa shape index (κ2) is 6.37. The molecule has 1 amide bonds. The zero-order valence-corrected chi connectivity index (χ0v) is 16.7. The third-order valence-corrected chi connectivity index (χ3v) is 7.37. The van der Waals surface area contributed by atoms with Crippen molar-refractivity contribution >= 4 is 12.1 Å². The lowest BCUT2D eigenvalue weighted by molar-refractivity contribution is -0.547. The van der Waals surface area contributed by atoms with Gasteiger partial charge in [0.25, 0.3) is 0 Å². The van der Waals surface area contributed by atoms with Crippen LogP contribution < -0.4 is 0 Å². The molecule has 6 rings (SSSR count). The van der Waals surface area contributed by atoms with Crippen LogP contribution in [0.5, 0.6) is 0 Å². The summed E-state index contributed by atoms with van der Waals surface area (Å²) in [5.74, 6) is -0.178. The predicted molar refractivity (Wildman–Crippen MR) is 103 cm³/mol. The first-order valence-corrected chi connectivity index (χ1v) is 10.4. The van der Waals surface area contributed by atoms with Crippen molar-refractivity contribution in [2.75, 3.05) is 0 Å². The first kappa shape index (κ1) is 18.3. The molecule has 5 aliphatic rings. The molecule has 5 fully saturated rings. The van der Waals surface area contributed by atoms with Gasteiger partial charge in [0.2, 0.25) is 11.7 Å². The lowest BCUT2D eigenvalue weighted by Crippen LogP contribution is -2.74. The van der Waals surface area contributed by atoms with Crippen LogP contribution >= 0.6 is 0 Å². The van der Waals surface area contributed by atoms with Crippen LogP contribution in [0.15, 0.2) is 35.4 Å². The monoisotopic (exact) mass is 384 g/mol. The van der Waals surface area contributed by atoms with Gasteiger partial charge < -0.3 is 4.74 Å². The third kappa shape index (κ3) is 2.51. The Kier molecular flexibility index (Phi) is 4.16. The summed E-state index contributed by atoms with van der Waals surface area (Å²) in [6.45, 7) is 6.19. The maximum atomic E-state index is 13.3. The van der Waals surface area contributed by atoms with Crippen molar-refractivity contribution in [3.8, 4) is 0 Å². The summed E-state index contributed by atoms with van der Waals surface area (Å²) in [7, 11) is 0. The standard InChI is InChI=1S/C22H28N2O4/c1-14-9-10-18-15(2)19(25)24(23-13-16-7-5-4-6-8-16)20-22(18)17(14)11-12-21(3,26-20)27-28-22/h4-8,13-15,17-18,20H,9-12H2,1-3H3/b23-13+/t14-,15-,17+,18+,20-,21?,22-/m1/s1. The van der Waals surface area contributed by atoms with Gasteiger partial charge in [0, 0.05) is 18.3 Å². The molecule has 1 spiro atoms. The number of nitrogens with zero attached hydrogens (tertiary/aromatic N) is 2. The molecule has 7 atom stereocenters. The van der Waals surface area contributed by atoms with Crippen molar-refractivity contribution in [1.29, 1.82) is 0 Å². The van der Waals surface area contributed by atoms with Crippen molar-refractivity contribution in [3.05, 3.63) is 35.9 Å². The molecule has 4 saturated heterocycles. The molecular formula is C22H28N2O4. The highest BCUT2D eigenvalue weighted by Gasteiger charge is 2.70. The molecule has 2 bridgehead atoms. The molecule has 6 nitrogen and oxygen atoms in total. The van der Waals surface area contributed by atoms with Crippen molar-refractivity contribution in [3.63, 3.8) is 0 Å². The van der Waals surface area contributed by atoms with Crippen LogP contribution in [0.4, 0.5) is 0 Å². The van der Waals surface area contributed by atoms with E-state index < -0.39 is 17.6 Å². The minimum absolute atomic E-state index is 0.000796. The minimum atomic E-state index is -0.848. The van der Waals surface area contributed by atoms with Crippen LogP contribution in [0.2, 0.25) is 0 Å². The van der Waals surface area contributed by atoms with E-state index in [4.69, 9.17) is 14.5 Å². The van der Waals surface area contributed by atoms with E-state index in [9.17, 15) is 4.79 Å². The lowest BCUT2D eigenvalue weighted by Gasteiger charge is -2.60. The van der Waals surface area contributed by atoms with Gasteiger partial charge in [-0.1, -0.05) is 44.2 Å². The quantitative estimate of drug-likeness (QED) is 0.576. The van der Waals surface area contributed by atoms with E-state index in [1.807, 2.05) is 44.2 Å². The maximum absolute atomic E-state index is 13.3. The fraction of sp³-hybridized carbons (Fsp3) is 0.636. The van der Waals surface area contributed by atoms with Crippen LogP contribution in [0.3, 0.4) is 0 Å². The fourth-order valence-electron chi connectivity index (χ4n) is 5.82. The van der Waals surface area contributed by atoms with E-state index in [1.165, 1.54) is 5.01 Å². The highest BCUT2D eigenvalue weighted by molar-refractivity contribution is 5.84. The van der Waals surface area contributed by atoms with Crippen LogP contribution in [0, 0.1) is 23.7 Å². The Balaban J connectivity index is 1.60. The first-order chi connectivity index (χ1) is 13.4. The number of hydrogen-bond acceptors (Lipinski definition) is 5. The minimum Gasteiger partial charge on any atom is -0.319 e. The van der Waals surface area contributed by atoms with Crippen molar-refractivity contribution in [1.82, 2.24) is 5.01 Å². The van der Waals surface area contributed by atoms with E-state index in [2.05, 4.69) is 12.0 Å². The molecule has 1 saturated carbocycles. The second-order valence-corrected chi connectivity index (χ2v) is 9.06. The number of fused-ring (bicyclic) bond motifs is 2. The SMILES string of the molecule is C[C@@H]1CC[C@H]2[C@@H](C)C(=O)N(/N=C/c3ccccc3)[C@@H]3OC4(C)CC[C@@H]1[C@@]23OO4. The average molecular weight is 384 g/mol. The molecule has 0 radical (unpaired) electrons. The predicted octanol–water partition coefficient (Wildman–Crippen LogP) is 3.71. The molecule has 1 aromatic rings. The highest BCUT2D eigenvalue weighted by atomic mass is 17.3. The Morgan fingerprint density at radius 2 is 1.89 bits per heavy atom. The smallest absolute Gasteiger partial charge is 0.248 e. The Morgan fingerprint density at radius 3 is 2.68 bits per heavy atom. The van der Waals surface area contributed by atoms with E-state index in [0.29, 0.717) is 5.92 Å². The van der Waals surface area contributed by atoms with Gasteiger partial charge in [-0.05, 0) is 43.6 Å². The molecule has 0 N–H and O–H groups in total. The van der Waals surface area contributed by atoms with Gasteiger partial charge in [0.05, 0.1) is 6.21 Å². The Morgan fingerprint density at radius 1 is 1.11 bits per heavy atom. The van der Waals surface area contributed by atoms with Gasteiger partial charge in [-0.2, -0.15) is 5.10 Å². The number of carbonyl (C=O) groups is 1. The van der Waals surface area contributed by atoms with E-state index in [-0.39, 0.29) is 23.7 Å². The first-order valence-electron chi connectivity index (χ1n) is 10.4. The summed E-state index contributed by atoms with van der Waals surface area (Å²) in [6.07, 6.45) is 4.95. The third-order valence-electron chi connectivity index (χ3n) is 7.37. The normalized spacial score (nSPS) is 45.2. The molecule has 1 unspecified atom stereocenters. The van der Waals surface area contributed by atoms with Gasteiger partial charge in [-0.3, -0.25) is 4.79 Å². The van der Waals surface area contributed by atoms with Gasteiger partial charge >= 0.3 is 0 Å². The van der Waals surface area contributed by atoms with Gasteiger partial charge in [0.15, 0.2) is 11.8 Å². The van der Waals surface area contributed by atoms with Gasteiger partial charge in [-0.25, -0.2) is 14.8 Å². The van der Waals surface area contributed by atoms with Gasteiger partial charge in [-0.15, -0.1) is 0 Å². The molecular weight excluding hydrogens is 356 g/mol. The Labute approximate surface area is 165 Å². The second-order valence-electron chi connectivity index (χ2n) is 9.06. The molecule has 1 aromatic carbocycles. The summed E-state index contributed by atoms with van der Waals surface area (Å²) in [5.41, 5.74) is 0.285. The van der Waals surface area contributed by atoms with Gasteiger partial charge in [0.1, 0.15) is 0 Å². The van der Waals surface area contributed by atoms with Crippen molar-refractivity contribution in [2.24, 2.45) is 28.8 Å². The number of benzene rings is 1. The summed E-state index contributed by atoms with van der Waals surface area (Å²) in [6, 6.07) is 9.81. The molecule has 150 valence electrons. The Hall–Kier alpha value is -1.76. The average Bonchev–Trinajstić information content (AvgIpc) is 2.93. The summed E-state index contributed by atoms with van der Waals surface area (Å²) in [5, 5.41) is 6.14. The molecule has 4 aliphatic heterocycles. The molecule has 6 heteroatoms. The van der Waals surface area contributed by atoms with E-state index in [1.54, 1.807) is 6.21 Å². The highest BCUT2D eigenvalue weighted by Crippen LogP contribution is 2.60. The number of hydrazone groups is 1. The van der Waals surface area contributed by atoms with Crippen LogP contribution in [0.1, 0.15) is 52.0 Å². The zero-order valence-electron chi connectivity index (χ0n) is 16.7. The molecule has 28 heavy (non-hydrogen) atoms. The van der Waals surface area contributed by atoms with Crippen molar-refractivity contribution < 1.29 is 19.3 Å². The maximum Gasteiger partial charge on any atom is 0.248 e. The van der Waals surface area contributed by atoms with E-state index in [0.717, 1.165) is 31.2 Å². The molecule has 0 aromatic heterocycles. The topological polar surface area (TPSA) is 60.4 Å². The van der Waals surface area contributed by atoms with Crippen LogP contribution in [0.25, 0.3) is 0 Å². The van der Waals surface area contributed by atoms with E-state index >= 15 is 0 Å². The number of piperidine rings is 1. The number of hydrogen-bond donors (Lipinski definition) is 0. The zero-order chi connectivity index (χ0) is 19.5. The lowest BCUT2D eigenvalue weighted by atomic mass is 9.57. The Bertz CT molecular complexity index is 799. The fourth-order valence-corrected chi connectivity index (χ4v) is 5.82. The number of amides is 1. The number of rotatable bonds is 2.